The second-order valence-electron chi connectivity index (χ2n) is 3.47. The lowest BCUT2D eigenvalue weighted by Crippen LogP contribution is -2.33. The molecule has 0 aliphatic rings. The molecule has 0 heterocycles. The van der Waals surface area contributed by atoms with Crippen LogP contribution in [0.15, 0.2) is 24.3 Å². The first-order valence-electron chi connectivity index (χ1n) is 5.16. The molecule has 1 aromatic rings. The lowest BCUT2D eigenvalue weighted by Gasteiger charge is -2.09. The molecular formula is C13H16ClNO3. The van der Waals surface area contributed by atoms with E-state index >= 15 is 0 Å². The highest BCUT2D eigenvalue weighted by Gasteiger charge is 2.13. The first kappa shape index (κ1) is 16.3. The third-order valence-corrected chi connectivity index (χ3v) is 2.21. The molecule has 0 aliphatic carbocycles. The number of benzene rings is 1. The highest BCUT2D eigenvalue weighted by Crippen LogP contribution is 2.13. The lowest BCUT2D eigenvalue weighted by molar-refractivity contribution is -0.142. The Bertz CT molecular complexity index is 411. The molecule has 1 rings (SSSR count). The number of nitrogens with two attached hydrogens (primary N) is 1. The van der Waals surface area contributed by atoms with E-state index in [9.17, 15) is 4.79 Å². The second kappa shape index (κ2) is 8.40. The van der Waals surface area contributed by atoms with Gasteiger partial charge in [-0.1, -0.05) is 18.1 Å². The quantitative estimate of drug-likeness (QED) is 0.644. The van der Waals surface area contributed by atoms with Crippen molar-refractivity contribution in [2.45, 2.75) is 12.5 Å². The van der Waals surface area contributed by atoms with E-state index in [-0.39, 0.29) is 19.0 Å². The number of hydrogen-bond donors (Lipinski definition) is 1. The van der Waals surface area contributed by atoms with Gasteiger partial charge in [0.05, 0.1) is 7.11 Å². The van der Waals surface area contributed by atoms with Crippen LogP contribution in [-0.4, -0.2) is 25.7 Å². The Labute approximate surface area is 113 Å². The molecule has 0 bridgehead atoms. The maximum Gasteiger partial charge on any atom is 0.322 e. The Hall–Kier alpha value is -1.70. The van der Waals surface area contributed by atoms with E-state index in [0.29, 0.717) is 12.2 Å². The molecule has 0 amide bonds. The van der Waals surface area contributed by atoms with Gasteiger partial charge in [0.15, 0.2) is 0 Å². The van der Waals surface area contributed by atoms with Crippen LogP contribution in [0.4, 0.5) is 0 Å². The maximum absolute atomic E-state index is 11.1. The predicted octanol–water partition coefficient (Wildman–Crippen LogP) is 1.16. The molecule has 0 saturated heterocycles. The van der Waals surface area contributed by atoms with E-state index in [1.807, 2.05) is 12.1 Å². The number of carbonyl (C=O) groups excluding carboxylic acids is 1. The van der Waals surface area contributed by atoms with Gasteiger partial charge in [0.25, 0.3) is 0 Å². The molecule has 98 valence electrons. The summed E-state index contributed by atoms with van der Waals surface area (Å²) in [5.74, 6) is 2.66. The van der Waals surface area contributed by atoms with Crippen molar-refractivity contribution in [1.82, 2.24) is 0 Å². The Kier molecular flexibility index (Phi) is 7.61. The van der Waals surface area contributed by atoms with Crippen molar-refractivity contribution in [2.75, 3.05) is 13.7 Å². The Balaban J connectivity index is 0.00000289. The Morgan fingerprint density at radius 3 is 2.56 bits per heavy atom. The summed E-state index contributed by atoms with van der Waals surface area (Å²) in [5.41, 5.74) is 6.59. The Morgan fingerprint density at radius 2 is 2.06 bits per heavy atom. The highest BCUT2D eigenvalue weighted by molar-refractivity contribution is 5.85. The molecule has 4 nitrogen and oxygen atoms in total. The average Bonchev–Trinajstić information content (AvgIpc) is 2.37. The number of rotatable bonds is 5. The summed E-state index contributed by atoms with van der Waals surface area (Å²) in [6, 6.07) is 6.62. The molecule has 1 unspecified atom stereocenters. The van der Waals surface area contributed by atoms with Crippen LogP contribution in [0.5, 0.6) is 5.75 Å². The monoisotopic (exact) mass is 269 g/mol. The van der Waals surface area contributed by atoms with Crippen LogP contribution in [0, 0.1) is 12.3 Å². The molecule has 0 radical (unpaired) electrons. The van der Waals surface area contributed by atoms with Crippen LogP contribution in [-0.2, 0) is 16.0 Å². The van der Waals surface area contributed by atoms with E-state index in [4.69, 9.17) is 16.9 Å². The average molecular weight is 270 g/mol. The van der Waals surface area contributed by atoms with E-state index < -0.39 is 12.0 Å². The van der Waals surface area contributed by atoms with Crippen molar-refractivity contribution in [3.63, 3.8) is 0 Å². The number of carbonyl (C=O) groups is 1. The van der Waals surface area contributed by atoms with Crippen LogP contribution >= 0.6 is 12.4 Å². The minimum atomic E-state index is -0.641. The minimum Gasteiger partial charge on any atom is -0.481 e. The number of halogens is 1. The zero-order valence-electron chi connectivity index (χ0n) is 10.1. The highest BCUT2D eigenvalue weighted by atomic mass is 35.5. The van der Waals surface area contributed by atoms with Crippen molar-refractivity contribution < 1.29 is 14.3 Å². The van der Waals surface area contributed by atoms with Gasteiger partial charge in [0, 0.05) is 0 Å². The third-order valence-electron chi connectivity index (χ3n) is 2.21. The SMILES string of the molecule is C#CCOc1ccc(CC(N)C(=O)OC)cc1.Cl. The fourth-order valence-corrected chi connectivity index (χ4v) is 1.34. The predicted molar refractivity (Wildman–Crippen MR) is 71.7 cm³/mol. The molecule has 1 aromatic carbocycles. The summed E-state index contributed by atoms with van der Waals surface area (Å²) in [4.78, 5) is 11.1. The topological polar surface area (TPSA) is 61.5 Å². The number of methoxy groups -OCH3 is 1. The van der Waals surface area contributed by atoms with Crippen LogP contribution in [0.2, 0.25) is 0 Å². The van der Waals surface area contributed by atoms with Gasteiger partial charge in [-0.05, 0) is 24.1 Å². The summed E-state index contributed by atoms with van der Waals surface area (Å²) in [6.45, 7) is 0.237. The minimum absolute atomic E-state index is 0. The van der Waals surface area contributed by atoms with Gasteiger partial charge in [0.2, 0.25) is 0 Å². The zero-order chi connectivity index (χ0) is 12.7. The molecule has 0 aliphatic heterocycles. The largest absolute Gasteiger partial charge is 0.481 e. The molecule has 0 saturated carbocycles. The van der Waals surface area contributed by atoms with Crippen molar-refractivity contribution in [3.05, 3.63) is 29.8 Å². The summed E-state index contributed by atoms with van der Waals surface area (Å²) in [6.07, 6.45) is 5.51. The fourth-order valence-electron chi connectivity index (χ4n) is 1.34. The molecule has 2 N–H and O–H groups in total. The fraction of sp³-hybridized carbons (Fsp3) is 0.308. The summed E-state index contributed by atoms with van der Waals surface area (Å²) in [7, 11) is 1.32. The summed E-state index contributed by atoms with van der Waals surface area (Å²) in [5, 5.41) is 0. The van der Waals surface area contributed by atoms with Crippen LogP contribution in [0.25, 0.3) is 0 Å². The van der Waals surface area contributed by atoms with E-state index in [1.165, 1.54) is 7.11 Å². The van der Waals surface area contributed by atoms with E-state index in [2.05, 4.69) is 10.7 Å². The molecule has 18 heavy (non-hydrogen) atoms. The van der Waals surface area contributed by atoms with E-state index in [1.54, 1.807) is 12.1 Å². The smallest absolute Gasteiger partial charge is 0.322 e. The summed E-state index contributed by atoms with van der Waals surface area (Å²) >= 11 is 0. The zero-order valence-corrected chi connectivity index (χ0v) is 10.9. The number of ether oxygens (including phenoxy) is 2. The molecule has 0 spiro atoms. The van der Waals surface area contributed by atoms with Crippen LogP contribution in [0.3, 0.4) is 0 Å². The number of hydrogen-bond acceptors (Lipinski definition) is 4. The lowest BCUT2D eigenvalue weighted by atomic mass is 10.1. The molecule has 1 atom stereocenters. The molecular weight excluding hydrogens is 254 g/mol. The molecule has 0 fully saturated rings. The van der Waals surface area contributed by atoms with Crippen molar-refractivity contribution in [3.8, 4) is 18.1 Å². The van der Waals surface area contributed by atoms with Crippen molar-refractivity contribution in [1.29, 1.82) is 0 Å². The van der Waals surface area contributed by atoms with Gasteiger partial charge < -0.3 is 15.2 Å². The van der Waals surface area contributed by atoms with Crippen molar-refractivity contribution in [2.24, 2.45) is 5.73 Å². The number of terminal acetylenes is 1. The van der Waals surface area contributed by atoms with Gasteiger partial charge in [-0.15, -0.1) is 18.8 Å². The maximum atomic E-state index is 11.1. The third kappa shape index (κ3) is 5.09. The molecule has 5 heteroatoms. The standard InChI is InChI=1S/C13H15NO3.ClH/c1-3-8-17-11-6-4-10(5-7-11)9-12(14)13(15)16-2;/h1,4-7,12H,8-9,14H2,2H3;1H. The second-order valence-corrected chi connectivity index (χ2v) is 3.47. The first-order valence-corrected chi connectivity index (χ1v) is 5.16. The Morgan fingerprint density at radius 1 is 1.44 bits per heavy atom. The molecule has 0 aromatic heterocycles. The summed E-state index contributed by atoms with van der Waals surface area (Å²) < 4.78 is 9.78. The van der Waals surface area contributed by atoms with Crippen LogP contribution in [0.1, 0.15) is 5.56 Å². The van der Waals surface area contributed by atoms with Gasteiger partial charge in [-0.2, -0.15) is 0 Å². The number of esters is 1. The van der Waals surface area contributed by atoms with Gasteiger partial charge in [0.1, 0.15) is 18.4 Å². The van der Waals surface area contributed by atoms with Crippen LogP contribution < -0.4 is 10.5 Å². The van der Waals surface area contributed by atoms with Gasteiger partial charge >= 0.3 is 5.97 Å². The van der Waals surface area contributed by atoms with Gasteiger partial charge in [-0.25, -0.2) is 0 Å². The normalized spacial score (nSPS) is 10.7. The first-order chi connectivity index (χ1) is 8.17. The van der Waals surface area contributed by atoms with Gasteiger partial charge in [-0.3, -0.25) is 4.79 Å². The van der Waals surface area contributed by atoms with E-state index in [0.717, 1.165) is 5.56 Å². The van der Waals surface area contributed by atoms with Crippen molar-refractivity contribution >= 4 is 18.4 Å².